The molecule has 1 aromatic heterocycles. The van der Waals surface area contributed by atoms with Crippen molar-refractivity contribution >= 4 is 22.9 Å². The quantitative estimate of drug-likeness (QED) is 0.635. The highest BCUT2D eigenvalue weighted by Gasteiger charge is 2.24. The predicted octanol–water partition coefficient (Wildman–Crippen LogP) is 3.07. The van der Waals surface area contributed by atoms with Gasteiger partial charge in [-0.1, -0.05) is 17.7 Å². The number of rotatable bonds is 4. The highest BCUT2D eigenvalue weighted by molar-refractivity contribution is 7.85. The van der Waals surface area contributed by atoms with E-state index in [1.54, 1.807) is 31.2 Å². The summed E-state index contributed by atoms with van der Waals surface area (Å²) in [5.41, 5.74) is 0.939. The van der Waals surface area contributed by atoms with Gasteiger partial charge in [0, 0.05) is 4.90 Å². The lowest BCUT2D eigenvalue weighted by atomic mass is 10.2. The van der Waals surface area contributed by atoms with Crippen molar-refractivity contribution in [3.63, 3.8) is 0 Å². The van der Waals surface area contributed by atoms with E-state index in [2.05, 4.69) is 9.47 Å². The van der Waals surface area contributed by atoms with Gasteiger partial charge in [0.2, 0.25) is 5.09 Å². The zero-order valence-corrected chi connectivity index (χ0v) is 12.8. The van der Waals surface area contributed by atoms with E-state index in [1.807, 2.05) is 6.92 Å². The maximum absolute atomic E-state index is 12.4. The zero-order chi connectivity index (χ0) is 16.1. The molecule has 1 aromatic carbocycles. The van der Waals surface area contributed by atoms with E-state index < -0.39 is 22.9 Å². The standard InChI is InChI=1S/C15H14O6S/c1-3-19-15(17)21-13(16)12-8-9-20-14(12)22(18)11-6-4-10(2)5-7-11/h4-9H,3H2,1-2H3. The smallest absolute Gasteiger partial charge is 0.454 e. The molecule has 0 N–H and O–H groups in total. The average molecular weight is 322 g/mol. The van der Waals surface area contributed by atoms with Gasteiger partial charge in [0.25, 0.3) is 0 Å². The van der Waals surface area contributed by atoms with Crippen molar-refractivity contribution in [2.45, 2.75) is 23.8 Å². The van der Waals surface area contributed by atoms with E-state index in [0.717, 1.165) is 5.56 Å². The summed E-state index contributed by atoms with van der Waals surface area (Å²) in [4.78, 5) is 23.5. The molecule has 0 aliphatic heterocycles. The molecule has 0 aliphatic rings. The molecule has 6 nitrogen and oxygen atoms in total. The number of esters is 1. The van der Waals surface area contributed by atoms with Crippen LogP contribution in [-0.4, -0.2) is 22.9 Å². The largest absolute Gasteiger partial charge is 0.516 e. The number of carbonyl (C=O) groups excluding carboxylic acids is 2. The van der Waals surface area contributed by atoms with Crippen LogP contribution in [0.15, 0.2) is 51.0 Å². The second-order valence-electron chi connectivity index (χ2n) is 4.28. The minimum absolute atomic E-state index is 0.0712. The van der Waals surface area contributed by atoms with Crippen molar-refractivity contribution < 1.29 is 27.7 Å². The van der Waals surface area contributed by atoms with Gasteiger partial charge in [0.05, 0.1) is 12.9 Å². The van der Waals surface area contributed by atoms with Crippen LogP contribution >= 0.6 is 0 Å². The minimum atomic E-state index is -1.69. The fraction of sp³-hybridized carbons (Fsp3) is 0.200. The van der Waals surface area contributed by atoms with Crippen molar-refractivity contribution in [3.8, 4) is 0 Å². The normalized spacial score (nSPS) is 11.7. The van der Waals surface area contributed by atoms with Gasteiger partial charge in [-0.25, -0.2) is 13.8 Å². The average Bonchev–Trinajstić information content (AvgIpc) is 2.97. The van der Waals surface area contributed by atoms with Crippen LogP contribution in [-0.2, 0) is 20.3 Å². The number of benzene rings is 1. The number of carbonyl (C=O) groups is 2. The summed E-state index contributed by atoms with van der Waals surface area (Å²) in [7, 11) is -1.69. The SMILES string of the molecule is CCOC(=O)OC(=O)c1ccoc1S(=O)c1ccc(C)cc1. The molecule has 22 heavy (non-hydrogen) atoms. The molecular weight excluding hydrogens is 308 g/mol. The van der Waals surface area contributed by atoms with Gasteiger partial charge < -0.3 is 13.9 Å². The maximum atomic E-state index is 12.4. The summed E-state index contributed by atoms with van der Waals surface area (Å²) in [6.45, 7) is 3.57. The van der Waals surface area contributed by atoms with E-state index in [1.165, 1.54) is 12.3 Å². The lowest BCUT2D eigenvalue weighted by Gasteiger charge is -2.04. The van der Waals surface area contributed by atoms with E-state index in [4.69, 9.17) is 4.42 Å². The Morgan fingerprint density at radius 2 is 1.86 bits per heavy atom. The summed E-state index contributed by atoms with van der Waals surface area (Å²) < 4.78 is 26.6. The number of ether oxygens (including phenoxy) is 2. The molecule has 1 atom stereocenters. The fourth-order valence-electron chi connectivity index (χ4n) is 1.64. The Morgan fingerprint density at radius 1 is 1.18 bits per heavy atom. The van der Waals surface area contributed by atoms with Gasteiger partial charge in [-0.3, -0.25) is 0 Å². The Morgan fingerprint density at radius 3 is 2.50 bits per heavy atom. The lowest BCUT2D eigenvalue weighted by Crippen LogP contribution is -2.14. The van der Waals surface area contributed by atoms with Gasteiger partial charge in [-0.05, 0) is 32.0 Å². The van der Waals surface area contributed by atoms with E-state index in [0.29, 0.717) is 4.90 Å². The third-order valence-electron chi connectivity index (χ3n) is 2.69. The molecule has 0 radical (unpaired) electrons. The van der Waals surface area contributed by atoms with Crippen LogP contribution in [0.25, 0.3) is 0 Å². The summed E-state index contributed by atoms with van der Waals surface area (Å²) in [6.07, 6.45) is 0.101. The van der Waals surface area contributed by atoms with Crippen LogP contribution in [0.1, 0.15) is 22.8 Å². The first-order valence-corrected chi connectivity index (χ1v) is 7.62. The van der Waals surface area contributed by atoms with E-state index in [9.17, 15) is 13.8 Å². The molecule has 0 aliphatic carbocycles. The first kappa shape index (κ1) is 16.0. The molecule has 2 rings (SSSR count). The van der Waals surface area contributed by atoms with Crippen LogP contribution < -0.4 is 0 Å². The van der Waals surface area contributed by atoms with Gasteiger partial charge in [-0.2, -0.15) is 0 Å². The van der Waals surface area contributed by atoms with Crippen molar-refractivity contribution in [1.29, 1.82) is 0 Å². The number of hydrogen-bond donors (Lipinski definition) is 0. The summed E-state index contributed by atoms with van der Waals surface area (Å²) in [5.74, 6) is -0.970. The Bertz CT molecular complexity index is 701. The Kier molecular flexibility index (Phi) is 5.11. The summed E-state index contributed by atoms with van der Waals surface area (Å²) in [6, 6.07) is 8.24. The molecule has 2 aromatic rings. The molecule has 0 spiro atoms. The van der Waals surface area contributed by atoms with E-state index >= 15 is 0 Å². The van der Waals surface area contributed by atoms with Gasteiger partial charge in [0.15, 0.2) is 0 Å². The third kappa shape index (κ3) is 3.62. The van der Waals surface area contributed by atoms with Gasteiger partial charge in [0.1, 0.15) is 16.4 Å². The Balaban J connectivity index is 2.22. The van der Waals surface area contributed by atoms with E-state index in [-0.39, 0.29) is 17.3 Å². The molecule has 0 fully saturated rings. The highest BCUT2D eigenvalue weighted by atomic mass is 32.2. The van der Waals surface area contributed by atoms with Gasteiger partial charge >= 0.3 is 12.1 Å². The topological polar surface area (TPSA) is 82.8 Å². The van der Waals surface area contributed by atoms with Crippen molar-refractivity contribution in [2.24, 2.45) is 0 Å². The first-order chi connectivity index (χ1) is 10.5. The van der Waals surface area contributed by atoms with Crippen LogP contribution in [0.2, 0.25) is 0 Å². The maximum Gasteiger partial charge on any atom is 0.516 e. The number of aryl methyl sites for hydroxylation is 1. The molecule has 7 heteroatoms. The highest BCUT2D eigenvalue weighted by Crippen LogP contribution is 2.22. The molecule has 1 heterocycles. The predicted molar refractivity (Wildman–Crippen MR) is 77.0 cm³/mol. The molecule has 0 saturated carbocycles. The summed E-state index contributed by atoms with van der Waals surface area (Å²) in [5, 5.41) is -0.0712. The van der Waals surface area contributed by atoms with Crippen molar-refractivity contribution in [2.75, 3.05) is 6.61 Å². The molecular formula is C15H14O6S. The second kappa shape index (κ2) is 7.04. The zero-order valence-electron chi connectivity index (χ0n) is 12.0. The fourth-order valence-corrected chi connectivity index (χ4v) is 2.73. The van der Waals surface area contributed by atoms with Crippen LogP contribution in [0.3, 0.4) is 0 Å². The van der Waals surface area contributed by atoms with Crippen molar-refractivity contribution in [1.82, 2.24) is 0 Å². The Labute approximate surface area is 129 Å². The van der Waals surface area contributed by atoms with Crippen LogP contribution in [0.5, 0.6) is 0 Å². The molecule has 1 unspecified atom stereocenters. The third-order valence-corrected chi connectivity index (χ3v) is 4.04. The number of furan rings is 1. The molecule has 0 saturated heterocycles. The monoisotopic (exact) mass is 322 g/mol. The minimum Gasteiger partial charge on any atom is -0.454 e. The summed E-state index contributed by atoms with van der Waals surface area (Å²) >= 11 is 0. The van der Waals surface area contributed by atoms with Crippen LogP contribution in [0, 0.1) is 6.92 Å². The molecule has 0 amide bonds. The van der Waals surface area contributed by atoms with Crippen molar-refractivity contribution in [3.05, 3.63) is 47.7 Å². The molecule has 0 bridgehead atoms. The Hall–Kier alpha value is -2.41. The number of hydrogen-bond acceptors (Lipinski definition) is 6. The van der Waals surface area contributed by atoms with Crippen LogP contribution in [0.4, 0.5) is 4.79 Å². The molecule has 116 valence electrons. The first-order valence-electron chi connectivity index (χ1n) is 6.47. The lowest BCUT2D eigenvalue weighted by molar-refractivity contribution is 0.0396. The van der Waals surface area contributed by atoms with Gasteiger partial charge in [-0.15, -0.1) is 0 Å². The second-order valence-corrected chi connectivity index (χ2v) is 5.66.